The Hall–Kier alpha value is -3.65. The van der Waals surface area contributed by atoms with Crippen LogP contribution in [-0.2, 0) is 17.9 Å². The second kappa shape index (κ2) is 9.44. The van der Waals surface area contributed by atoms with Gasteiger partial charge in [0, 0.05) is 12.7 Å². The van der Waals surface area contributed by atoms with Gasteiger partial charge in [0.2, 0.25) is 5.91 Å². The summed E-state index contributed by atoms with van der Waals surface area (Å²) in [5, 5.41) is 0.691. The van der Waals surface area contributed by atoms with E-state index >= 15 is 0 Å². The molecule has 0 saturated heterocycles. The van der Waals surface area contributed by atoms with Gasteiger partial charge in [-0.05, 0) is 35.4 Å². The molecule has 0 aliphatic rings. The lowest BCUT2D eigenvalue weighted by Crippen LogP contribution is -2.33. The molecule has 2 aromatic carbocycles. The number of hydrogen-bond donors (Lipinski definition) is 1. The van der Waals surface area contributed by atoms with Crippen molar-refractivity contribution in [1.29, 1.82) is 0 Å². The molecule has 0 radical (unpaired) electrons. The van der Waals surface area contributed by atoms with Crippen LogP contribution >= 0.6 is 11.3 Å². The smallest absolute Gasteiger partial charge is 0.237 e. The second-order valence-corrected chi connectivity index (χ2v) is 7.91. The van der Waals surface area contributed by atoms with Crippen LogP contribution in [-0.4, -0.2) is 29.5 Å². The number of hydrogen-bond acceptors (Lipinski definition) is 7. The number of benzene rings is 2. The number of nitrogens with two attached hydrogens (primary N) is 1. The van der Waals surface area contributed by atoms with Crippen LogP contribution in [0, 0.1) is 0 Å². The van der Waals surface area contributed by atoms with Crippen LogP contribution in [0.15, 0.2) is 66.9 Å². The van der Waals surface area contributed by atoms with E-state index in [2.05, 4.69) is 9.97 Å². The Labute approximate surface area is 184 Å². The normalized spacial score (nSPS) is 10.7. The Morgan fingerprint density at radius 2 is 1.90 bits per heavy atom. The summed E-state index contributed by atoms with van der Waals surface area (Å²) in [5.41, 5.74) is 8.16. The van der Waals surface area contributed by atoms with Gasteiger partial charge in [0.15, 0.2) is 22.3 Å². The van der Waals surface area contributed by atoms with Crippen molar-refractivity contribution < 1.29 is 14.3 Å². The van der Waals surface area contributed by atoms with Crippen molar-refractivity contribution in [2.45, 2.75) is 13.2 Å². The van der Waals surface area contributed by atoms with Crippen molar-refractivity contribution in [3.8, 4) is 11.5 Å². The molecule has 4 aromatic rings. The molecule has 158 valence electrons. The predicted octanol–water partition coefficient (Wildman–Crippen LogP) is 3.77. The molecule has 0 bridgehead atoms. The molecule has 0 fully saturated rings. The van der Waals surface area contributed by atoms with Crippen molar-refractivity contribution in [2.75, 3.05) is 18.6 Å². The highest BCUT2D eigenvalue weighted by atomic mass is 32.1. The van der Waals surface area contributed by atoms with Gasteiger partial charge in [0.1, 0.15) is 6.61 Å². The molecule has 0 aliphatic carbocycles. The van der Waals surface area contributed by atoms with E-state index in [-0.39, 0.29) is 6.54 Å². The first kappa shape index (κ1) is 20.6. The average Bonchev–Trinajstić information content (AvgIpc) is 3.22. The van der Waals surface area contributed by atoms with Crippen LogP contribution in [0.2, 0.25) is 0 Å². The molecule has 0 unspecified atom stereocenters. The number of amides is 1. The SMILES string of the molecule is COc1cc(CN(CC(N)=O)c2nc3ncccc3s2)ccc1OCc1ccccc1. The number of fused-ring (bicyclic) bond motifs is 1. The molecule has 0 saturated carbocycles. The van der Waals surface area contributed by atoms with Crippen molar-refractivity contribution >= 4 is 32.7 Å². The minimum absolute atomic E-state index is 0.0500. The van der Waals surface area contributed by atoms with Crippen LogP contribution in [0.1, 0.15) is 11.1 Å². The Morgan fingerprint density at radius 1 is 1.06 bits per heavy atom. The van der Waals surface area contributed by atoms with Crippen molar-refractivity contribution in [2.24, 2.45) is 5.73 Å². The Balaban J connectivity index is 1.54. The number of primary amides is 1. The third kappa shape index (κ3) is 5.10. The molecular formula is C23H22N4O3S. The first-order valence-corrected chi connectivity index (χ1v) is 10.5. The third-order valence-corrected chi connectivity index (χ3v) is 5.68. The quantitative estimate of drug-likeness (QED) is 0.431. The highest BCUT2D eigenvalue weighted by molar-refractivity contribution is 7.22. The second-order valence-electron chi connectivity index (χ2n) is 6.90. The number of anilines is 1. The standard InChI is InChI=1S/C23H22N4O3S/c1-29-19-12-17(9-10-18(19)30-15-16-6-3-2-4-7-16)13-27(14-21(24)28)23-26-22-20(31-23)8-5-11-25-22/h2-12H,13-15H2,1H3,(H2,24,28). The molecule has 0 spiro atoms. The van der Waals surface area contributed by atoms with Crippen molar-refractivity contribution in [1.82, 2.24) is 9.97 Å². The summed E-state index contributed by atoms with van der Waals surface area (Å²) >= 11 is 1.47. The van der Waals surface area contributed by atoms with Crippen molar-refractivity contribution in [3.63, 3.8) is 0 Å². The van der Waals surface area contributed by atoms with Crippen LogP contribution < -0.4 is 20.1 Å². The Bertz CT molecular complexity index is 1150. The summed E-state index contributed by atoms with van der Waals surface area (Å²) in [7, 11) is 1.61. The lowest BCUT2D eigenvalue weighted by atomic mass is 10.2. The van der Waals surface area contributed by atoms with Gasteiger partial charge < -0.3 is 20.1 Å². The van der Waals surface area contributed by atoms with E-state index in [1.165, 1.54) is 11.3 Å². The summed E-state index contributed by atoms with van der Waals surface area (Å²) in [6.45, 7) is 0.940. The molecule has 7 nitrogen and oxygen atoms in total. The number of carbonyl (C=O) groups is 1. The minimum Gasteiger partial charge on any atom is -0.493 e. The summed E-state index contributed by atoms with van der Waals surface area (Å²) in [4.78, 5) is 22.4. The van der Waals surface area contributed by atoms with E-state index < -0.39 is 5.91 Å². The lowest BCUT2D eigenvalue weighted by Gasteiger charge is -2.21. The Morgan fingerprint density at radius 3 is 2.65 bits per heavy atom. The van der Waals surface area contributed by atoms with Gasteiger partial charge in [-0.25, -0.2) is 4.98 Å². The fraction of sp³-hybridized carbons (Fsp3) is 0.174. The molecule has 0 aliphatic heterocycles. The first-order chi connectivity index (χ1) is 15.1. The maximum Gasteiger partial charge on any atom is 0.237 e. The third-order valence-electron chi connectivity index (χ3n) is 4.61. The number of pyridine rings is 1. The van der Waals surface area contributed by atoms with E-state index in [1.54, 1.807) is 13.3 Å². The van der Waals surface area contributed by atoms with Crippen LogP contribution in [0.25, 0.3) is 10.3 Å². The van der Waals surface area contributed by atoms with Gasteiger partial charge in [-0.15, -0.1) is 0 Å². The molecule has 8 heteroatoms. The van der Waals surface area contributed by atoms with Gasteiger partial charge in [0.25, 0.3) is 0 Å². The van der Waals surface area contributed by atoms with Crippen LogP contribution in [0.3, 0.4) is 0 Å². The molecule has 2 aromatic heterocycles. The van der Waals surface area contributed by atoms with Gasteiger partial charge in [-0.3, -0.25) is 4.79 Å². The number of thiazole rings is 1. The highest BCUT2D eigenvalue weighted by Crippen LogP contribution is 2.32. The lowest BCUT2D eigenvalue weighted by molar-refractivity contribution is -0.116. The fourth-order valence-electron chi connectivity index (χ4n) is 3.16. The molecule has 1 amide bonds. The summed E-state index contributed by atoms with van der Waals surface area (Å²) in [6, 6.07) is 19.5. The van der Waals surface area contributed by atoms with Crippen LogP contribution in [0.4, 0.5) is 5.13 Å². The molecule has 4 rings (SSSR count). The van der Waals surface area contributed by atoms with E-state index in [4.69, 9.17) is 15.2 Å². The van der Waals surface area contributed by atoms with Gasteiger partial charge in [-0.2, -0.15) is 4.98 Å². The van der Waals surface area contributed by atoms with Crippen LogP contribution in [0.5, 0.6) is 11.5 Å². The summed E-state index contributed by atoms with van der Waals surface area (Å²) in [6.07, 6.45) is 1.70. The zero-order chi connectivity index (χ0) is 21.6. The molecule has 2 N–H and O–H groups in total. The topological polar surface area (TPSA) is 90.6 Å². The maximum absolute atomic E-state index is 11.7. The number of nitrogens with zero attached hydrogens (tertiary/aromatic N) is 3. The van der Waals surface area contributed by atoms with Crippen molar-refractivity contribution in [3.05, 3.63) is 78.0 Å². The molecule has 0 atom stereocenters. The highest BCUT2D eigenvalue weighted by Gasteiger charge is 2.17. The molecular weight excluding hydrogens is 412 g/mol. The van der Waals surface area contributed by atoms with E-state index in [0.29, 0.717) is 35.4 Å². The summed E-state index contributed by atoms with van der Waals surface area (Å²) in [5.74, 6) is 0.848. The molecule has 31 heavy (non-hydrogen) atoms. The number of rotatable bonds is 9. The molecule has 2 heterocycles. The summed E-state index contributed by atoms with van der Waals surface area (Å²) < 4.78 is 12.4. The minimum atomic E-state index is -0.429. The Kier molecular flexibility index (Phi) is 6.28. The fourth-order valence-corrected chi connectivity index (χ4v) is 4.08. The average molecular weight is 435 g/mol. The maximum atomic E-state index is 11.7. The largest absolute Gasteiger partial charge is 0.493 e. The number of carbonyl (C=O) groups excluding carboxylic acids is 1. The van der Waals surface area contributed by atoms with E-state index in [0.717, 1.165) is 15.8 Å². The first-order valence-electron chi connectivity index (χ1n) is 9.71. The monoisotopic (exact) mass is 434 g/mol. The number of ether oxygens (including phenoxy) is 2. The zero-order valence-corrected chi connectivity index (χ0v) is 17.8. The van der Waals surface area contributed by atoms with E-state index in [1.807, 2.05) is 65.6 Å². The van der Waals surface area contributed by atoms with Gasteiger partial charge in [0.05, 0.1) is 18.4 Å². The number of methoxy groups -OCH3 is 1. The van der Waals surface area contributed by atoms with Gasteiger partial charge in [-0.1, -0.05) is 47.7 Å². The van der Waals surface area contributed by atoms with Gasteiger partial charge >= 0.3 is 0 Å². The predicted molar refractivity (Wildman–Crippen MR) is 121 cm³/mol. The zero-order valence-electron chi connectivity index (χ0n) is 17.0. The van der Waals surface area contributed by atoms with E-state index in [9.17, 15) is 4.79 Å². The number of aromatic nitrogens is 2.